The fourth-order valence-corrected chi connectivity index (χ4v) is 4.22. The van der Waals surface area contributed by atoms with Crippen molar-refractivity contribution in [2.24, 2.45) is 0 Å². The van der Waals surface area contributed by atoms with E-state index in [2.05, 4.69) is 0 Å². The molecule has 0 aliphatic heterocycles. The lowest BCUT2D eigenvalue weighted by atomic mass is 10.1. The largest absolute Gasteiger partial charge is 0.460 e. The summed E-state index contributed by atoms with van der Waals surface area (Å²) in [4.78, 5) is 26.1. The molecule has 1 amide bonds. The van der Waals surface area contributed by atoms with Crippen LogP contribution in [0.3, 0.4) is 0 Å². The van der Waals surface area contributed by atoms with E-state index in [0.29, 0.717) is 24.1 Å². The minimum atomic E-state index is -3.44. The number of rotatable bonds is 8. The fourth-order valence-electron chi connectivity index (χ4n) is 2.85. The molecule has 2 aromatic carbocycles. The average Bonchev–Trinajstić information content (AvgIpc) is 2.67. The summed E-state index contributed by atoms with van der Waals surface area (Å²) in [5, 5.41) is 0. The summed E-state index contributed by atoms with van der Waals surface area (Å²) in [5.74, 6) is -0.596. The molecule has 0 unspecified atom stereocenters. The molecule has 0 aliphatic carbocycles. The fraction of sp³-hybridized carbons (Fsp3) is 0.391. The van der Waals surface area contributed by atoms with Crippen LogP contribution >= 0.6 is 0 Å². The third-order valence-electron chi connectivity index (χ3n) is 4.30. The number of sulfone groups is 1. The number of ether oxygens (including phenoxy) is 1. The van der Waals surface area contributed by atoms with Crippen LogP contribution in [0.2, 0.25) is 0 Å². The highest BCUT2D eigenvalue weighted by atomic mass is 32.2. The molecule has 162 valence electrons. The van der Waals surface area contributed by atoms with Gasteiger partial charge in [-0.1, -0.05) is 30.3 Å². The van der Waals surface area contributed by atoms with Crippen molar-refractivity contribution < 1.29 is 22.7 Å². The summed E-state index contributed by atoms with van der Waals surface area (Å²) in [6.45, 7) is 5.86. The zero-order chi connectivity index (χ0) is 22.4. The zero-order valence-electron chi connectivity index (χ0n) is 17.9. The summed E-state index contributed by atoms with van der Waals surface area (Å²) in [6.07, 6.45) is 0.746. The first-order valence-electron chi connectivity index (χ1n) is 9.82. The van der Waals surface area contributed by atoms with Gasteiger partial charge >= 0.3 is 5.97 Å². The number of hydrogen-bond acceptors (Lipinski definition) is 5. The standard InChI is InChI=1S/C23H29NO5S/c1-23(2,3)29-21(25)11-8-16-24(4)22(26)19-14-12-18(13-15-19)17-30(27,28)20-9-6-5-7-10-20/h5-7,9-10,12-15H,8,11,16-17H2,1-4H3. The van der Waals surface area contributed by atoms with Crippen LogP contribution in [-0.2, 0) is 25.1 Å². The van der Waals surface area contributed by atoms with Crippen molar-refractivity contribution in [2.45, 2.75) is 49.9 Å². The molecule has 0 N–H and O–H groups in total. The minimum Gasteiger partial charge on any atom is -0.460 e. The summed E-state index contributed by atoms with van der Waals surface area (Å²) >= 11 is 0. The Bertz CT molecular complexity index is 961. The molecule has 2 rings (SSSR count). The molecule has 0 aromatic heterocycles. The number of esters is 1. The first-order chi connectivity index (χ1) is 14.0. The normalized spacial score (nSPS) is 11.7. The molecule has 0 saturated carbocycles. The van der Waals surface area contributed by atoms with Gasteiger partial charge in [-0.25, -0.2) is 8.42 Å². The predicted octanol–water partition coefficient (Wildman–Crippen LogP) is 3.85. The predicted molar refractivity (Wildman–Crippen MR) is 116 cm³/mol. The minimum absolute atomic E-state index is 0.128. The first kappa shape index (κ1) is 23.6. The third-order valence-corrected chi connectivity index (χ3v) is 6.00. The second-order valence-corrected chi connectivity index (χ2v) is 10.2. The van der Waals surface area contributed by atoms with Crippen LogP contribution in [0.5, 0.6) is 0 Å². The Morgan fingerprint density at radius 3 is 2.13 bits per heavy atom. The molecular formula is C23H29NO5S. The molecule has 0 bridgehead atoms. The highest BCUT2D eigenvalue weighted by Crippen LogP contribution is 2.17. The number of amides is 1. The van der Waals surface area contributed by atoms with E-state index in [-0.39, 0.29) is 28.9 Å². The first-order valence-corrected chi connectivity index (χ1v) is 11.5. The molecule has 0 radical (unpaired) electrons. The van der Waals surface area contributed by atoms with Gasteiger partial charge in [-0.15, -0.1) is 0 Å². The summed E-state index contributed by atoms with van der Waals surface area (Å²) in [7, 11) is -1.76. The second-order valence-electron chi connectivity index (χ2n) is 8.19. The monoisotopic (exact) mass is 431 g/mol. The number of carbonyl (C=O) groups is 2. The molecule has 0 fully saturated rings. The van der Waals surface area contributed by atoms with Crippen LogP contribution in [0.1, 0.15) is 49.5 Å². The Morgan fingerprint density at radius 2 is 1.57 bits per heavy atom. The molecule has 7 heteroatoms. The van der Waals surface area contributed by atoms with E-state index in [1.54, 1.807) is 66.5 Å². The molecular weight excluding hydrogens is 402 g/mol. The third kappa shape index (κ3) is 7.30. The van der Waals surface area contributed by atoms with Crippen LogP contribution in [0.4, 0.5) is 0 Å². The lowest BCUT2D eigenvalue weighted by Gasteiger charge is -2.20. The second kappa shape index (κ2) is 9.89. The van der Waals surface area contributed by atoms with Gasteiger partial charge < -0.3 is 9.64 Å². The Labute approximate surface area is 178 Å². The molecule has 0 atom stereocenters. The van der Waals surface area contributed by atoms with E-state index < -0.39 is 15.4 Å². The van der Waals surface area contributed by atoms with Crippen LogP contribution in [0.15, 0.2) is 59.5 Å². The van der Waals surface area contributed by atoms with Crippen molar-refractivity contribution >= 4 is 21.7 Å². The van der Waals surface area contributed by atoms with Crippen molar-refractivity contribution in [2.75, 3.05) is 13.6 Å². The van der Waals surface area contributed by atoms with Gasteiger partial charge in [-0.05, 0) is 57.0 Å². The van der Waals surface area contributed by atoms with E-state index >= 15 is 0 Å². The van der Waals surface area contributed by atoms with E-state index in [0.717, 1.165) is 0 Å². The zero-order valence-corrected chi connectivity index (χ0v) is 18.7. The average molecular weight is 432 g/mol. The van der Waals surface area contributed by atoms with Gasteiger partial charge in [0.05, 0.1) is 10.6 Å². The number of benzene rings is 2. The maximum Gasteiger partial charge on any atom is 0.306 e. The van der Waals surface area contributed by atoms with Crippen molar-refractivity contribution in [3.05, 3.63) is 65.7 Å². The van der Waals surface area contributed by atoms with Crippen molar-refractivity contribution in [1.82, 2.24) is 4.90 Å². The van der Waals surface area contributed by atoms with Gasteiger partial charge in [-0.3, -0.25) is 9.59 Å². The van der Waals surface area contributed by atoms with Gasteiger partial charge in [0, 0.05) is 25.6 Å². The van der Waals surface area contributed by atoms with Crippen molar-refractivity contribution in [3.8, 4) is 0 Å². The quantitative estimate of drug-likeness (QED) is 0.593. The van der Waals surface area contributed by atoms with Gasteiger partial charge in [-0.2, -0.15) is 0 Å². The molecule has 0 spiro atoms. The molecule has 6 nitrogen and oxygen atoms in total. The number of carbonyl (C=O) groups excluding carboxylic acids is 2. The molecule has 2 aromatic rings. The Morgan fingerprint density at radius 1 is 0.967 bits per heavy atom. The maximum atomic E-state index is 12.6. The van der Waals surface area contributed by atoms with Gasteiger partial charge in [0.1, 0.15) is 5.60 Å². The molecule has 30 heavy (non-hydrogen) atoms. The van der Waals surface area contributed by atoms with Crippen LogP contribution < -0.4 is 0 Å². The van der Waals surface area contributed by atoms with Crippen LogP contribution in [-0.4, -0.2) is 44.4 Å². The molecule has 0 aliphatic rings. The lowest BCUT2D eigenvalue weighted by molar-refractivity contribution is -0.154. The molecule has 0 saturated heterocycles. The van der Waals surface area contributed by atoms with Crippen molar-refractivity contribution in [1.29, 1.82) is 0 Å². The van der Waals surface area contributed by atoms with E-state index in [1.807, 2.05) is 20.8 Å². The maximum absolute atomic E-state index is 12.6. The highest BCUT2D eigenvalue weighted by molar-refractivity contribution is 7.90. The van der Waals surface area contributed by atoms with Crippen LogP contribution in [0.25, 0.3) is 0 Å². The van der Waals surface area contributed by atoms with Gasteiger partial charge in [0.2, 0.25) is 0 Å². The number of hydrogen-bond donors (Lipinski definition) is 0. The van der Waals surface area contributed by atoms with E-state index in [9.17, 15) is 18.0 Å². The Hall–Kier alpha value is -2.67. The Balaban J connectivity index is 1.91. The lowest BCUT2D eigenvalue weighted by Crippen LogP contribution is -2.29. The molecule has 0 heterocycles. The van der Waals surface area contributed by atoms with Crippen LogP contribution in [0, 0.1) is 0 Å². The van der Waals surface area contributed by atoms with E-state index in [1.165, 1.54) is 0 Å². The summed E-state index contributed by atoms with van der Waals surface area (Å²) in [6, 6.07) is 14.8. The van der Waals surface area contributed by atoms with Gasteiger partial charge in [0.15, 0.2) is 9.84 Å². The SMILES string of the molecule is CN(CCCC(=O)OC(C)(C)C)C(=O)c1ccc(CS(=O)(=O)c2ccccc2)cc1. The van der Waals surface area contributed by atoms with E-state index in [4.69, 9.17) is 4.74 Å². The van der Waals surface area contributed by atoms with Gasteiger partial charge in [0.25, 0.3) is 5.91 Å². The summed E-state index contributed by atoms with van der Waals surface area (Å²) in [5.41, 5.74) is 0.563. The smallest absolute Gasteiger partial charge is 0.306 e. The van der Waals surface area contributed by atoms with Crippen molar-refractivity contribution in [3.63, 3.8) is 0 Å². The Kier molecular flexibility index (Phi) is 7.78. The summed E-state index contributed by atoms with van der Waals surface area (Å²) < 4.78 is 30.2. The topological polar surface area (TPSA) is 80.8 Å². The highest BCUT2D eigenvalue weighted by Gasteiger charge is 2.18. The number of nitrogens with zero attached hydrogens (tertiary/aromatic N) is 1.